The summed E-state index contributed by atoms with van der Waals surface area (Å²) in [5.74, 6) is 1.79. The summed E-state index contributed by atoms with van der Waals surface area (Å²) in [6.45, 7) is 0. The molecule has 0 saturated heterocycles. The number of pyridine rings is 1. The molecule has 5 rings (SSSR count). The summed E-state index contributed by atoms with van der Waals surface area (Å²) in [7, 11) is 1.55. The summed E-state index contributed by atoms with van der Waals surface area (Å²) in [6.07, 6.45) is 3.90. The molecule has 0 bridgehead atoms. The largest absolute Gasteiger partial charge is 0.481 e. The van der Waals surface area contributed by atoms with Crippen LogP contribution in [0.3, 0.4) is 0 Å². The Kier molecular flexibility index (Phi) is 5.19. The predicted molar refractivity (Wildman–Crippen MR) is 118 cm³/mol. The van der Waals surface area contributed by atoms with E-state index in [2.05, 4.69) is 24.9 Å². The molecule has 5 aromatic rings. The van der Waals surface area contributed by atoms with E-state index in [1.807, 2.05) is 30.3 Å². The molecule has 8 nitrogen and oxygen atoms in total. The number of methoxy groups -OCH3 is 1. The molecule has 2 aromatic carbocycles. The lowest BCUT2D eigenvalue weighted by Gasteiger charge is -2.12. The van der Waals surface area contributed by atoms with Crippen molar-refractivity contribution in [2.24, 2.45) is 0 Å². The lowest BCUT2D eigenvalue weighted by atomic mass is 10.1. The van der Waals surface area contributed by atoms with Crippen molar-refractivity contribution in [3.63, 3.8) is 0 Å². The smallest absolute Gasteiger partial charge is 0.246 e. The Bertz CT molecular complexity index is 1330. The minimum atomic E-state index is -0.886. The average Bonchev–Trinajstić information content (AvgIpc) is 3.29. The first-order valence-corrected chi connectivity index (χ1v) is 9.94. The second-order valence-electron chi connectivity index (χ2n) is 6.98. The van der Waals surface area contributed by atoms with Crippen LogP contribution in [0.2, 0.25) is 0 Å². The molecule has 8 heteroatoms. The molecule has 0 aliphatic carbocycles. The fourth-order valence-corrected chi connectivity index (χ4v) is 3.41. The zero-order valence-corrected chi connectivity index (χ0v) is 17.1. The number of imidazole rings is 1. The molecule has 3 aromatic heterocycles. The number of hydrogen-bond donors (Lipinski definition) is 2. The van der Waals surface area contributed by atoms with Crippen molar-refractivity contribution < 1.29 is 14.6 Å². The van der Waals surface area contributed by atoms with Gasteiger partial charge in [-0.3, -0.25) is 0 Å². The van der Waals surface area contributed by atoms with E-state index in [1.54, 1.807) is 56.0 Å². The van der Waals surface area contributed by atoms with Gasteiger partial charge in [-0.05, 0) is 42.0 Å². The lowest BCUT2D eigenvalue weighted by molar-refractivity contribution is 0.211. The van der Waals surface area contributed by atoms with Gasteiger partial charge in [-0.15, -0.1) is 0 Å². The summed E-state index contributed by atoms with van der Waals surface area (Å²) in [5.41, 5.74) is 3.56. The van der Waals surface area contributed by atoms with E-state index >= 15 is 0 Å². The van der Waals surface area contributed by atoms with Crippen LogP contribution in [0.25, 0.3) is 22.3 Å². The van der Waals surface area contributed by atoms with Crippen LogP contribution in [0.15, 0.2) is 79.3 Å². The molecule has 0 aliphatic heterocycles. The van der Waals surface area contributed by atoms with Crippen molar-refractivity contribution >= 4 is 11.0 Å². The minimum Gasteiger partial charge on any atom is -0.481 e. The predicted octanol–water partition coefficient (Wildman–Crippen LogP) is 4.30. The Labute approximate surface area is 183 Å². The highest BCUT2D eigenvalue weighted by Gasteiger charge is 2.17. The zero-order valence-electron chi connectivity index (χ0n) is 17.1. The summed E-state index contributed by atoms with van der Waals surface area (Å²) < 4.78 is 11.3. The number of nitrogens with zero attached hydrogens (tertiary/aromatic N) is 4. The zero-order chi connectivity index (χ0) is 21.9. The summed E-state index contributed by atoms with van der Waals surface area (Å²) >= 11 is 0. The number of fused-ring (bicyclic) bond motifs is 1. The number of aliphatic hydroxyl groups is 1. The van der Waals surface area contributed by atoms with Crippen LogP contribution in [-0.4, -0.2) is 37.1 Å². The Morgan fingerprint density at radius 1 is 0.844 bits per heavy atom. The van der Waals surface area contributed by atoms with Crippen molar-refractivity contribution in [2.75, 3.05) is 7.11 Å². The molecule has 1 atom stereocenters. The number of hydrogen-bond acceptors (Lipinski definition) is 7. The Morgan fingerprint density at radius 2 is 1.62 bits per heavy atom. The van der Waals surface area contributed by atoms with Crippen molar-refractivity contribution in [1.82, 2.24) is 24.9 Å². The number of aromatic amines is 1. The van der Waals surface area contributed by atoms with E-state index < -0.39 is 6.10 Å². The molecular formula is C24H19N5O3. The van der Waals surface area contributed by atoms with E-state index in [9.17, 15) is 5.11 Å². The van der Waals surface area contributed by atoms with Gasteiger partial charge in [0, 0.05) is 18.6 Å². The first-order valence-electron chi connectivity index (χ1n) is 9.94. The molecule has 0 aliphatic rings. The third-order valence-corrected chi connectivity index (χ3v) is 4.96. The molecule has 158 valence electrons. The van der Waals surface area contributed by atoms with E-state index in [0.717, 1.165) is 11.0 Å². The van der Waals surface area contributed by atoms with Crippen LogP contribution in [0.4, 0.5) is 0 Å². The number of aromatic nitrogens is 5. The van der Waals surface area contributed by atoms with Crippen molar-refractivity contribution in [1.29, 1.82) is 0 Å². The van der Waals surface area contributed by atoms with Gasteiger partial charge in [0.2, 0.25) is 11.8 Å². The highest BCUT2D eigenvalue weighted by Crippen LogP contribution is 2.34. The highest BCUT2D eigenvalue weighted by molar-refractivity contribution is 5.75. The average molecular weight is 425 g/mol. The first kappa shape index (κ1) is 19.7. The molecule has 2 N–H and O–H groups in total. The molecule has 0 spiro atoms. The van der Waals surface area contributed by atoms with Gasteiger partial charge in [0.05, 0.1) is 23.7 Å². The number of H-pyrrole nitrogens is 1. The summed E-state index contributed by atoms with van der Waals surface area (Å²) in [6, 6.07) is 18.4. The molecule has 0 unspecified atom stereocenters. The minimum absolute atomic E-state index is 0.324. The maximum atomic E-state index is 10.7. The van der Waals surface area contributed by atoms with Gasteiger partial charge in [0.15, 0.2) is 0 Å². The fraction of sp³-hybridized carbons (Fsp3) is 0.0833. The normalized spacial score (nSPS) is 11.9. The van der Waals surface area contributed by atoms with Crippen molar-refractivity contribution in [3.05, 3.63) is 90.6 Å². The van der Waals surface area contributed by atoms with Crippen LogP contribution in [0.5, 0.6) is 17.5 Å². The maximum absolute atomic E-state index is 10.7. The van der Waals surface area contributed by atoms with Gasteiger partial charge >= 0.3 is 0 Å². The molecule has 0 saturated carbocycles. The summed E-state index contributed by atoms with van der Waals surface area (Å²) in [5, 5.41) is 10.7. The molecule has 32 heavy (non-hydrogen) atoms. The van der Waals surface area contributed by atoms with Crippen molar-refractivity contribution in [3.8, 4) is 28.8 Å². The number of rotatable bonds is 6. The Morgan fingerprint density at radius 3 is 2.44 bits per heavy atom. The monoisotopic (exact) mass is 425 g/mol. The quantitative estimate of drug-likeness (QED) is 0.418. The molecule has 0 amide bonds. The second kappa shape index (κ2) is 8.44. The SMILES string of the molecule is COc1ncccc1-c1nccnc1Oc1ccc([C@@H](O)c2nc3ccccc3[nH]2)cc1. The standard InChI is InChI=1S/C24H19N5O3/c1-31-23-17(5-4-12-26-23)20-24(27-14-13-25-20)32-16-10-8-15(9-11-16)21(30)22-28-18-6-2-3-7-19(18)29-22/h2-14,21,30H,1H3,(H,28,29)/t21-/m1/s1. The van der Waals surface area contributed by atoms with Gasteiger partial charge in [-0.2, -0.15) is 0 Å². The van der Waals surface area contributed by atoms with Crippen LogP contribution in [0.1, 0.15) is 17.5 Å². The number of para-hydroxylation sites is 2. The van der Waals surface area contributed by atoms with E-state index in [-0.39, 0.29) is 0 Å². The third-order valence-electron chi connectivity index (χ3n) is 4.96. The number of ether oxygens (including phenoxy) is 2. The van der Waals surface area contributed by atoms with Gasteiger partial charge in [-0.1, -0.05) is 24.3 Å². The molecule has 3 heterocycles. The highest BCUT2D eigenvalue weighted by atomic mass is 16.5. The Balaban J connectivity index is 1.40. The van der Waals surface area contributed by atoms with Crippen LogP contribution in [0, 0.1) is 0 Å². The maximum Gasteiger partial charge on any atom is 0.246 e. The lowest BCUT2D eigenvalue weighted by Crippen LogP contribution is -2.02. The Hall–Kier alpha value is -4.30. The molecule has 0 radical (unpaired) electrons. The molecular weight excluding hydrogens is 406 g/mol. The van der Waals surface area contributed by atoms with Crippen molar-refractivity contribution in [2.45, 2.75) is 6.10 Å². The van der Waals surface area contributed by atoms with E-state index in [1.165, 1.54) is 0 Å². The number of aliphatic hydroxyl groups excluding tert-OH is 1. The van der Waals surface area contributed by atoms with Gasteiger partial charge < -0.3 is 19.6 Å². The molecule has 0 fully saturated rings. The van der Waals surface area contributed by atoms with Crippen LogP contribution < -0.4 is 9.47 Å². The van der Waals surface area contributed by atoms with Crippen LogP contribution >= 0.6 is 0 Å². The number of benzene rings is 2. The topological polar surface area (TPSA) is 106 Å². The fourth-order valence-electron chi connectivity index (χ4n) is 3.41. The summed E-state index contributed by atoms with van der Waals surface area (Å²) in [4.78, 5) is 20.6. The van der Waals surface area contributed by atoms with Gasteiger partial charge in [0.25, 0.3) is 0 Å². The van der Waals surface area contributed by atoms with E-state index in [0.29, 0.717) is 40.2 Å². The number of nitrogens with one attached hydrogen (secondary N) is 1. The van der Waals surface area contributed by atoms with Gasteiger partial charge in [0.1, 0.15) is 23.4 Å². The third kappa shape index (κ3) is 3.75. The second-order valence-corrected chi connectivity index (χ2v) is 6.98. The van der Waals surface area contributed by atoms with Gasteiger partial charge in [-0.25, -0.2) is 19.9 Å². The first-order chi connectivity index (χ1) is 15.7. The van der Waals surface area contributed by atoms with Crippen LogP contribution in [-0.2, 0) is 0 Å². The van der Waals surface area contributed by atoms with E-state index in [4.69, 9.17) is 9.47 Å².